The highest BCUT2D eigenvalue weighted by atomic mass is 35.5. The van der Waals surface area contributed by atoms with Crippen molar-refractivity contribution < 1.29 is 4.79 Å². The Morgan fingerprint density at radius 1 is 1.12 bits per heavy atom. The van der Waals surface area contributed by atoms with Crippen molar-refractivity contribution in [2.75, 3.05) is 13.1 Å². The lowest BCUT2D eigenvalue weighted by atomic mass is 9.95. The predicted octanol–water partition coefficient (Wildman–Crippen LogP) is 3.30. The minimum absolute atomic E-state index is 0. The van der Waals surface area contributed by atoms with Crippen LogP contribution in [0.5, 0.6) is 0 Å². The first-order chi connectivity index (χ1) is 11.7. The van der Waals surface area contributed by atoms with Gasteiger partial charge in [-0.1, -0.05) is 54.6 Å². The van der Waals surface area contributed by atoms with Gasteiger partial charge in [-0.25, -0.2) is 0 Å². The van der Waals surface area contributed by atoms with E-state index in [-0.39, 0.29) is 29.6 Å². The number of carbonyl (C=O) groups excluding carboxylic acids is 1. The zero-order valence-corrected chi connectivity index (χ0v) is 15.2. The Hall–Kier alpha value is -1.84. The highest BCUT2D eigenvalue weighted by Crippen LogP contribution is 2.62. The molecule has 4 heteroatoms. The largest absolute Gasteiger partial charge is 0.337 e. The zero-order valence-electron chi connectivity index (χ0n) is 14.4. The second-order valence-electron chi connectivity index (χ2n) is 7.10. The van der Waals surface area contributed by atoms with Gasteiger partial charge < -0.3 is 10.6 Å². The summed E-state index contributed by atoms with van der Waals surface area (Å²) >= 11 is 0. The summed E-state index contributed by atoms with van der Waals surface area (Å²) in [5, 5.41) is 0. The SMILES string of the molecule is Cl.NCCN(Cc1ccccc1)C(=O)C1CC12CCc1ccccc12. The summed E-state index contributed by atoms with van der Waals surface area (Å²) in [6.07, 6.45) is 3.22. The van der Waals surface area contributed by atoms with Gasteiger partial charge in [-0.05, 0) is 36.0 Å². The molecule has 1 spiro atoms. The van der Waals surface area contributed by atoms with Crippen molar-refractivity contribution in [1.82, 2.24) is 4.90 Å². The average molecular weight is 357 g/mol. The number of amides is 1. The summed E-state index contributed by atoms with van der Waals surface area (Å²) < 4.78 is 0. The van der Waals surface area contributed by atoms with Crippen molar-refractivity contribution in [2.24, 2.45) is 11.7 Å². The average Bonchev–Trinajstić information content (AvgIpc) is 3.24. The van der Waals surface area contributed by atoms with E-state index in [1.54, 1.807) is 0 Å². The van der Waals surface area contributed by atoms with Crippen LogP contribution < -0.4 is 5.73 Å². The van der Waals surface area contributed by atoms with E-state index in [1.807, 2.05) is 23.1 Å². The maximum absolute atomic E-state index is 13.1. The lowest BCUT2D eigenvalue weighted by Gasteiger charge is -2.24. The number of hydrogen-bond acceptors (Lipinski definition) is 2. The number of nitrogens with zero attached hydrogens (tertiary/aromatic N) is 1. The molecule has 132 valence electrons. The first-order valence-corrected chi connectivity index (χ1v) is 8.86. The Balaban J connectivity index is 0.00000182. The molecular formula is C21H25ClN2O. The van der Waals surface area contributed by atoms with Gasteiger partial charge in [0, 0.05) is 31.0 Å². The second kappa shape index (κ2) is 7.19. The van der Waals surface area contributed by atoms with Crippen LogP contribution in [0.25, 0.3) is 0 Å². The summed E-state index contributed by atoms with van der Waals surface area (Å²) in [7, 11) is 0. The van der Waals surface area contributed by atoms with Crippen molar-refractivity contribution >= 4 is 18.3 Å². The van der Waals surface area contributed by atoms with E-state index in [0.29, 0.717) is 19.6 Å². The van der Waals surface area contributed by atoms with Gasteiger partial charge in [-0.2, -0.15) is 0 Å². The van der Waals surface area contributed by atoms with Crippen molar-refractivity contribution in [2.45, 2.75) is 31.2 Å². The van der Waals surface area contributed by atoms with Crippen molar-refractivity contribution in [3.05, 3.63) is 71.3 Å². The molecule has 0 bridgehead atoms. The molecule has 2 unspecified atom stereocenters. The number of fused-ring (bicyclic) bond motifs is 2. The smallest absolute Gasteiger partial charge is 0.226 e. The maximum atomic E-state index is 13.1. The molecular weight excluding hydrogens is 332 g/mol. The number of nitrogens with two attached hydrogens (primary N) is 1. The third-order valence-corrected chi connectivity index (χ3v) is 5.69. The second-order valence-corrected chi connectivity index (χ2v) is 7.10. The summed E-state index contributed by atoms with van der Waals surface area (Å²) in [6.45, 7) is 1.79. The topological polar surface area (TPSA) is 46.3 Å². The van der Waals surface area contributed by atoms with Crippen LogP contribution in [-0.2, 0) is 23.2 Å². The zero-order chi connectivity index (χ0) is 16.6. The van der Waals surface area contributed by atoms with Crippen LogP contribution in [0, 0.1) is 5.92 Å². The third-order valence-electron chi connectivity index (χ3n) is 5.69. The standard InChI is InChI=1S/C21H24N2O.ClH/c22-12-13-23(15-16-6-2-1-3-7-16)20(24)19-14-21(19)11-10-17-8-4-5-9-18(17)21;/h1-9,19H,10-15,22H2;1H. The van der Waals surface area contributed by atoms with Gasteiger partial charge in [-0.3, -0.25) is 4.79 Å². The number of rotatable bonds is 5. The highest BCUT2D eigenvalue weighted by molar-refractivity contribution is 5.85. The lowest BCUT2D eigenvalue weighted by Crippen LogP contribution is -2.37. The minimum atomic E-state index is 0. The third kappa shape index (κ3) is 3.19. The molecule has 4 rings (SSSR count). The molecule has 2 aromatic carbocycles. The molecule has 3 nitrogen and oxygen atoms in total. The Morgan fingerprint density at radius 2 is 1.84 bits per heavy atom. The number of benzene rings is 2. The molecule has 25 heavy (non-hydrogen) atoms. The van der Waals surface area contributed by atoms with Crippen molar-refractivity contribution in [1.29, 1.82) is 0 Å². The van der Waals surface area contributed by atoms with Crippen molar-refractivity contribution in [3.63, 3.8) is 0 Å². The fourth-order valence-electron chi connectivity index (χ4n) is 4.37. The number of halogens is 1. The summed E-state index contributed by atoms with van der Waals surface area (Å²) in [6, 6.07) is 18.8. The number of carbonyl (C=O) groups is 1. The van der Waals surface area contributed by atoms with E-state index in [2.05, 4.69) is 36.4 Å². The van der Waals surface area contributed by atoms with Gasteiger partial charge in [0.25, 0.3) is 0 Å². The van der Waals surface area contributed by atoms with Crippen LogP contribution in [0.2, 0.25) is 0 Å². The van der Waals surface area contributed by atoms with E-state index < -0.39 is 0 Å². The molecule has 0 heterocycles. The Morgan fingerprint density at radius 3 is 2.60 bits per heavy atom. The Bertz CT molecular complexity index is 745. The van der Waals surface area contributed by atoms with Crippen molar-refractivity contribution in [3.8, 4) is 0 Å². The summed E-state index contributed by atoms with van der Waals surface area (Å²) in [4.78, 5) is 15.1. The molecule has 1 saturated carbocycles. The molecule has 0 saturated heterocycles. The molecule has 0 aliphatic heterocycles. The van der Waals surface area contributed by atoms with Gasteiger partial charge >= 0.3 is 0 Å². The molecule has 2 N–H and O–H groups in total. The summed E-state index contributed by atoms with van der Waals surface area (Å²) in [5.41, 5.74) is 9.89. The van der Waals surface area contributed by atoms with E-state index in [0.717, 1.165) is 19.3 Å². The van der Waals surface area contributed by atoms with E-state index in [4.69, 9.17) is 5.73 Å². The van der Waals surface area contributed by atoms with E-state index in [9.17, 15) is 4.79 Å². The van der Waals surface area contributed by atoms with E-state index in [1.165, 1.54) is 16.7 Å². The van der Waals surface area contributed by atoms with Crippen LogP contribution >= 0.6 is 12.4 Å². The van der Waals surface area contributed by atoms with Crippen LogP contribution in [0.1, 0.15) is 29.5 Å². The molecule has 2 aromatic rings. The number of hydrogen-bond donors (Lipinski definition) is 1. The first kappa shape index (κ1) is 18.0. The quantitative estimate of drug-likeness (QED) is 0.893. The minimum Gasteiger partial charge on any atom is -0.337 e. The highest BCUT2D eigenvalue weighted by Gasteiger charge is 2.61. The van der Waals surface area contributed by atoms with Crippen LogP contribution in [0.3, 0.4) is 0 Å². The van der Waals surface area contributed by atoms with Crippen LogP contribution in [0.15, 0.2) is 54.6 Å². The maximum Gasteiger partial charge on any atom is 0.226 e. The normalized spacial score (nSPS) is 23.0. The Kier molecular flexibility index (Phi) is 5.16. The van der Waals surface area contributed by atoms with Gasteiger partial charge in [-0.15, -0.1) is 12.4 Å². The predicted molar refractivity (Wildman–Crippen MR) is 103 cm³/mol. The van der Waals surface area contributed by atoms with Gasteiger partial charge in [0.05, 0.1) is 0 Å². The Labute approximate surface area is 155 Å². The molecule has 0 radical (unpaired) electrons. The van der Waals surface area contributed by atoms with Gasteiger partial charge in [0.15, 0.2) is 0 Å². The molecule has 2 aliphatic rings. The molecule has 1 fully saturated rings. The molecule has 2 atom stereocenters. The first-order valence-electron chi connectivity index (χ1n) is 8.86. The molecule has 2 aliphatic carbocycles. The molecule has 0 aromatic heterocycles. The lowest BCUT2D eigenvalue weighted by molar-refractivity contribution is -0.133. The van der Waals surface area contributed by atoms with Crippen LogP contribution in [-0.4, -0.2) is 23.9 Å². The van der Waals surface area contributed by atoms with Gasteiger partial charge in [0.1, 0.15) is 0 Å². The molecule has 1 amide bonds. The fourth-order valence-corrected chi connectivity index (χ4v) is 4.37. The fraction of sp³-hybridized carbons (Fsp3) is 0.381. The number of aryl methyl sites for hydroxylation is 1. The monoisotopic (exact) mass is 356 g/mol. The summed E-state index contributed by atoms with van der Waals surface area (Å²) in [5.74, 6) is 0.414. The van der Waals surface area contributed by atoms with Crippen LogP contribution in [0.4, 0.5) is 0 Å². The van der Waals surface area contributed by atoms with E-state index >= 15 is 0 Å². The van der Waals surface area contributed by atoms with Gasteiger partial charge in [0.2, 0.25) is 5.91 Å².